The highest BCUT2D eigenvalue weighted by atomic mass is 32.2. The molecule has 0 saturated carbocycles. The van der Waals surface area contributed by atoms with E-state index in [4.69, 9.17) is 0 Å². The third-order valence-electron chi connectivity index (χ3n) is 1.59. The third-order valence-corrected chi connectivity index (χ3v) is 3.35. The number of carbonyl (C=O) groups excluding carboxylic acids is 1. The van der Waals surface area contributed by atoms with Crippen LogP contribution in [0.4, 0.5) is 0 Å². The van der Waals surface area contributed by atoms with Gasteiger partial charge in [0, 0.05) is 16.6 Å². The lowest BCUT2D eigenvalue weighted by atomic mass is 10.2. The van der Waals surface area contributed by atoms with Crippen molar-refractivity contribution < 1.29 is 13.7 Å². The fourth-order valence-electron chi connectivity index (χ4n) is 1.04. The normalized spacial score (nSPS) is 32.1. The SMILES string of the molecule is COC(=O)[C@@H]1CCC[S@@]1=O. The van der Waals surface area contributed by atoms with Crippen LogP contribution in [0, 0.1) is 0 Å². The van der Waals surface area contributed by atoms with Crippen molar-refractivity contribution in [3.63, 3.8) is 0 Å². The van der Waals surface area contributed by atoms with E-state index in [-0.39, 0.29) is 11.2 Å². The van der Waals surface area contributed by atoms with Gasteiger partial charge in [-0.3, -0.25) is 9.00 Å². The lowest BCUT2D eigenvalue weighted by Gasteiger charge is -2.03. The maximum absolute atomic E-state index is 11.0. The molecule has 58 valence electrons. The predicted molar refractivity (Wildman–Crippen MR) is 38.0 cm³/mol. The van der Waals surface area contributed by atoms with Crippen molar-refractivity contribution in [2.45, 2.75) is 18.1 Å². The molecule has 0 aromatic heterocycles. The van der Waals surface area contributed by atoms with E-state index < -0.39 is 10.8 Å². The molecule has 0 spiro atoms. The van der Waals surface area contributed by atoms with E-state index in [1.165, 1.54) is 7.11 Å². The number of esters is 1. The minimum absolute atomic E-state index is 0.323. The van der Waals surface area contributed by atoms with Crippen LogP contribution in [-0.4, -0.2) is 28.3 Å². The number of carbonyl (C=O) groups is 1. The smallest absolute Gasteiger partial charge is 0.321 e. The summed E-state index contributed by atoms with van der Waals surface area (Å²) in [6.45, 7) is 0. The predicted octanol–water partition coefficient (Wildman–Crippen LogP) is 0.0705. The quantitative estimate of drug-likeness (QED) is 0.512. The van der Waals surface area contributed by atoms with E-state index in [0.29, 0.717) is 5.75 Å². The van der Waals surface area contributed by atoms with Crippen LogP contribution in [0.1, 0.15) is 12.8 Å². The van der Waals surface area contributed by atoms with Gasteiger partial charge >= 0.3 is 5.97 Å². The summed E-state index contributed by atoms with van der Waals surface area (Å²) >= 11 is 0. The van der Waals surface area contributed by atoms with E-state index >= 15 is 0 Å². The van der Waals surface area contributed by atoms with E-state index in [1.54, 1.807) is 0 Å². The van der Waals surface area contributed by atoms with Crippen LogP contribution in [0.5, 0.6) is 0 Å². The van der Waals surface area contributed by atoms with Crippen molar-refractivity contribution in [1.82, 2.24) is 0 Å². The topological polar surface area (TPSA) is 43.4 Å². The Hall–Kier alpha value is -0.380. The molecule has 0 aromatic carbocycles. The Morgan fingerprint density at radius 3 is 2.80 bits per heavy atom. The molecule has 1 rings (SSSR count). The molecular formula is C6H10O3S. The van der Waals surface area contributed by atoms with Gasteiger partial charge in [0.1, 0.15) is 5.25 Å². The summed E-state index contributed by atoms with van der Waals surface area (Å²) in [4.78, 5) is 10.8. The van der Waals surface area contributed by atoms with Crippen LogP contribution < -0.4 is 0 Å². The molecule has 2 atom stereocenters. The molecule has 1 heterocycles. The minimum atomic E-state index is -0.965. The maximum Gasteiger partial charge on any atom is 0.321 e. The zero-order valence-corrected chi connectivity index (χ0v) is 6.65. The van der Waals surface area contributed by atoms with E-state index in [9.17, 15) is 9.00 Å². The largest absolute Gasteiger partial charge is 0.468 e. The van der Waals surface area contributed by atoms with Gasteiger partial charge in [0.25, 0.3) is 0 Å². The zero-order chi connectivity index (χ0) is 7.56. The molecule has 10 heavy (non-hydrogen) atoms. The van der Waals surface area contributed by atoms with Crippen LogP contribution in [-0.2, 0) is 20.3 Å². The van der Waals surface area contributed by atoms with Gasteiger partial charge in [-0.2, -0.15) is 0 Å². The zero-order valence-electron chi connectivity index (χ0n) is 5.83. The Morgan fingerprint density at radius 1 is 1.70 bits per heavy atom. The highest BCUT2D eigenvalue weighted by Gasteiger charge is 2.30. The second-order valence-electron chi connectivity index (χ2n) is 2.24. The van der Waals surface area contributed by atoms with Gasteiger partial charge in [0.2, 0.25) is 0 Å². The van der Waals surface area contributed by atoms with Crippen molar-refractivity contribution in [3.05, 3.63) is 0 Å². The summed E-state index contributed by atoms with van der Waals surface area (Å²) < 4.78 is 15.5. The number of rotatable bonds is 1. The molecule has 1 fully saturated rings. The summed E-state index contributed by atoms with van der Waals surface area (Å²) in [5, 5.41) is -0.343. The molecule has 0 unspecified atom stereocenters. The van der Waals surface area contributed by atoms with E-state index in [2.05, 4.69) is 4.74 Å². The average Bonchev–Trinajstić information content (AvgIpc) is 2.34. The first-order valence-corrected chi connectivity index (χ1v) is 4.59. The summed E-state index contributed by atoms with van der Waals surface area (Å²) in [7, 11) is 0.366. The summed E-state index contributed by atoms with van der Waals surface area (Å²) in [6, 6.07) is 0. The molecule has 1 saturated heterocycles. The lowest BCUT2D eigenvalue weighted by Crippen LogP contribution is -2.22. The Morgan fingerprint density at radius 2 is 2.40 bits per heavy atom. The molecule has 0 amide bonds. The second-order valence-corrected chi connectivity index (χ2v) is 3.98. The van der Waals surface area contributed by atoms with Gasteiger partial charge in [0.15, 0.2) is 0 Å². The molecular weight excluding hydrogens is 152 g/mol. The Kier molecular flexibility index (Phi) is 2.43. The van der Waals surface area contributed by atoms with Gasteiger partial charge < -0.3 is 4.74 Å². The molecule has 1 aliphatic rings. The minimum Gasteiger partial charge on any atom is -0.468 e. The number of hydrogen-bond donors (Lipinski definition) is 0. The Bertz CT molecular complexity index is 166. The fourth-order valence-corrected chi connectivity index (χ4v) is 2.52. The Balaban J connectivity index is 2.55. The molecule has 3 nitrogen and oxygen atoms in total. The van der Waals surface area contributed by atoms with Gasteiger partial charge in [0.05, 0.1) is 7.11 Å². The first-order valence-electron chi connectivity index (χ1n) is 3.20. The van der Waals surface area contributed by atoms with Gasteiger partial charge in [-0.15, -0.1) is 0 Å². The lowest BCUT2D eigenvalue weighted by molar-refractivity contribution is -0.140. The monoisotopic (exact) mass is 162 g/mol. The number of ether oxygens (including phenoxy) is 1. The van der Waals surface area contributed by atoms with Crippen molar-refractivity contribution in [2.75, 3.05) is 12.9 Å². The first-order chi connectivity index (χ1) is 4.75. The van der Waals surface area contributed by atoms with Crippen molar-refractivity contribution in [3.8, 4) is 0 Å². The molecule has 0 bridgehead atoms. The van der Waals surface area contributed by atoms with Crippen molar-refractivity contribution in [2.24, 2.45) is 0 Å². The molecule has 0 radical (unpaired) electrons. The van der Waals surface area contributed by atoms with E-state index in [1.807, 2.05) is 0 Å². The molecule has 0 aliphatic carbocycles. The van der Waals surface area contributed by atoms with E-state index in [0.717, 1.165) is 12.8 Å². The molecule has 0 aromatic rings. The highest BCUT2D eigenvalue weighted by molar-refractivity contribution is 7.86. The van der Waals surface area contributed by atoms with Crippen LogP contribution in [0.2, 0.25) is 0 Å². The highest BCUT2D eigenvalue weighted by Crippen LogP contribution is 2.16. The molecule has 4 heteroatoms. The summed E-state index contributed by atoms with van der Waals surface area (Å²) in [5.41, 5.74) is 0. The van der Waals surface area contributed by atoms with Crippen molar-refractivity contribution in [1.29, 1.82) is 0 Å². The molecule has 1 aliphatic heterocycles. The number of hydrogen-bond acceptors (Lipinski definition) is 3. The van der Waals surface area contributed by atoms with Gasteiger partial charge in [-0.1, -0.05) is 0 Å². The van der Waals surface area contributed by atoms with Crippen LogP contribution in [0.3, 0.4) is 0 Å². The standard InChI is InChI=1S/C6H10O3S/c1-9-6(7)5-3-2-4-10(5)8/h5H,2-4H2,1H3/t5-,10-/m0/s1. The first kappa shape index (κ1) is 7.72. The van der Waals surface area contributed by atoms with Gasteiger partial charge in [-0.25, -0.2) is 0 Å². The van der Waals surface area contributed by atoms with Crippen molar-refractivity contribution >= 4 is 16.8 Å². The third kappa shape index (κ3) is 1.37. The second kappa shape index (κ2) is 3.14. The number of methoxy groups -OCH3 is 1. The average molecular weight is 162 g/mol. The van der Waals surface area contributed by atoms with Crippen LogP contribution in [0.25, 0.3) is 0 Å². The van der Waals surface area contributed by atoms with Crippen LogP contribution >= 0.6 is 0 Å². The maximum atomic E-state index is 11.0. The molecule has 0 N–H and O–H groups in total. The van der Waals surface area contributed by atoms with Gasteiger partial charge in [-0.05, 0) is 12.8 Å². The Labute approximate surface area is 62.2 Å². The summed E-state index contributed by atoms with van der Waals surface area (Å²) in [5.74, 6) is 0.329. The van der Waals surface area contributed by atoms with Crippen LogP contribution in [0.15, 0.2) is 0 Å². The summed E-state index contributed by atoms with van der Waals surface area (Å²) in [6.07, 6.45) is 1.60. The fraction of sp³-hybridized carbons (Fsp3) is 0.833.